The monoisotopic (exact) mass is 276 g/mol. The van der Waals surface area contributed by atoms with Crippen molar-refractivity contribution in [2.45, 2.75) is 44.7 Å². The summed E-state index contributed by atoms with van der Waals surface area (Å²) in [6.07, 6.45) is 1.66. The molecule has 0 aromatic rings. The van der Waals surface area contributed by atoms with E-state index in [-0.39, 0.29) is 6.04 Å². The van der Waals surface area contributed by atoms with Crippen LogP contribution >= 0.6 is 0 Å². The van der Waals surface area contributed by atoms with Crippen LogP contribution in [-0.4, -0.2) is 44.4 Å². The van der Waals surface area contributed by atoms with Crippen molar-refractivity contribution >= 4 is 22.8 Å². The van der Waals surface area contributed by atoms with Crippen LogP contribution in [0.25, 0.3) is 0 Å². The Morgan fingerprint density at radius 3 is 2.39 bits per heavy atom. The Morgan fingerprint density at radius 1 is 1.39 bits per heavy atom. The van der Waals surface area contributed by atoms with Gasteiger partial charge in [0.05, 0.1) is 0 Å². The quantitative estimate of drug-likeness (QED) is 0.694. The molecular formula is C11H20N2O4S. The van der Waals surface area contributed by atoms with Gasteiger partial charge in [-0.3, -0.25) is 4.21 Å². The second-order valence-electron chi connectivity index (χ2n) is 4.71. The molecule has 3 N–H and O–H groups in total. The second kappa shape index (κ2) is 6.17. The second-order valence-corrected chi connectivity index (χ2v) is 6.41. The molecule has 6 nitrogen and oxygen atoms in total. The number of carbonyl (C=O) groups excluding carboxylic acids is 1. The lowest BCUT2D eigenvalue weighted by atomic mass is 10.00. The van der Waals surface area contributed by atoms with Crippen LogP contribution in [-0.2, 0) is 15.6 Å². The molecule has 0 aromatic heterocycles. The molecule has 1 aliphatic rings. The lowest BCUT2D eigenvalue weighted by Crippen LogP contribution is -2.56. The Kier molecular flexibility index (Phi) is 5.13. The first-order chi connectivity index (χ1) is 8.37. The summed E-state index contributed by atoms with van der Waals surface area (Å²) < 4.78 is 11.2. The van der Waals surface area contributed by atoms with Gasteiger partial charge in [0.15, 0.2) is 0 Å². The Morgan fingerprint density at radius 2 is 1.94 bits per heavy atom. The van der Waals surface area contributed by atoms with E-state index in [1.807, 2.05) is 0 Å². The van der Waals surface area contributed by atoms with E-state index in [2.05, 4.69) is 10.6 Å². The normalized spacial score (nSPS) is 27.0. The zero-order chi connectivity index (χ0) is 13.8. The molecule has 0 spiro atoms. The van der Waals surface area contributed by atoms with Crippen LogP contribution in [0.15, 0.2) is 0 Å². The maximum absolute atomic E-state index is 11.7. The van der Waals surface area contributed by atoms with Crippen molar-refractivity contribution in [1.29, 1.82) is 0 Å². The molecule has 0 bridgehead atoms. The fourth-order valence-corrected chi connectivity index (χ4v) is 3.00. The van der Waals surface area contributed by atoms with Crippen LogP contribution in [0.5, 0.6) is 0 Å². The third kappa shape index (κ3) is 3.97. The van der Waals surface area contributed by atoms with E-state index in [0.717, 1.165) is 0 Å². The first-order valence-corrected chi connectivity index (χ1v) is 7.53. The van der Waals surface area contributed by atoms with Crippen LogP contribution in [0, 0.1) is 0 Å². The molecule has 1 saturated heterocycles. The summed E-state index contributed by atoms with van der Waals surface area (Å²) in [5, 5.41) is 14.3. The van der Waals surface area contributed by atoms with Gasteiger partial charge in [0.2, 0.25) is 0 Å². The number of hydrogen-bond acceptors (Lipinski definition) is 3. The average Bonchev–Trinajstić information content (AvgIpc) is 2.31. The van der Waals surface area contributed by atoms with Crippen LogP contribution in [0.3, 0.4) is 0 Å². The van der Waals surface area contributed by atoms with Gasteiger partial charge in [0.1, 0.15) is 5.54 Å². The van der Waals surface area contributed by atoms with Crippen molar-refractivity contribution in [3.63, 3.8) is 0 Å². The van der Waals surface area contributed by atoms with Crippen molar-refractivity contribution < 1.29 is 18.9 Å². The fraction of sp³-hybridized carbons (Fsp3) is 0.818. The zero-order valence-corrected chi connectivity index (χ0v) is 11.5. The molecule has 0 saturated carbocycles. The minimum atomic E-state index is -1.25. The summed E-state index contributed by atoms with van der Waals surface area (Å²) in [6, 6.07) is -0.489. The summed E-state index contributed by atoms with van der Waals surface area (Å²) in [6.45, 7) is 3.18. The number of urea groups is 1. The number of rotatable bonds is 4. The Balaban J connectivity index is 2.46. The highest BCUT2D eigenvalue weighted by molar-refractivity contribution is 7.85. The molecule has 1 unspecified atom stereocenters. The number of carbonyl (C=O) groups is 2. The number of amides is 2. The van der Waals surface area contributed by atoms with Gasteiger partial charge < -0.3 is 15.7 Å². The molecule has 1 fully saturated rings. The highest BCUT2D eigenvalue weighted by Crippen LogP contribution is 2.11. The van der Waals surface area contributed by atoms with E-state index in [1.165, 1.54) is 6.92 Å². The molecule has 7 heteroatoms. The molecule has 1 rings (SSSR count). The Bertz CT molecular complexity index is 351. The third-order valence-corrected chi connectivity index (χ3v) is 4.67. The predicted octanol–water partition coefficient (Wildman–Crippen LogP) is 0.450. The van der Waals surface area contributed by atoms with Gasteiger partial charge in [0, 0.05) is 28.3 Å². The summed E-state index contributed by atoms with van der Waals surface area (Å²) in [5.74, 6) is 0.133. The first kappa shape index (κ1) is 14.9. The SMILES string of the molecule is CCC(C)(NC(=O)NC1CCS(=O)CC1)C(=O)O. The number of nitrogens with one attached hydrogen (secondary N) is 2. The average molecular weight is 276 g/mol. The lowest BCUT2D eigenvalue weighted by Gasteiger charge is -2.28. The van der Waals surface area contributed by atoms with Gasteiger partial charge >= 0.3 is 12.0 Å². The first-order valence-electron chi connectivity index (χ1n) is 6.04. The van der Waals surface area contributed by atoms with E-state index in [4.69, 9.17) is 5.11 Å². The zero-order valence-electron chi connectivity index (χ0n) is 10.7. The highest BCUT2D eigenvalue weighted by Gasteiger charge is 2.33. The van der Waals surface area contributed by atoms with E-state index >= 15 is 0 Å². The Labute approximate surface area is 109 Å². The maximum atomic E-state index is 11.7. The molecule has 2 amide bonds. The smallest absolute Gasteiger partial charge is 0.329 e. The minimum Gasteiger partial charge on any atom is -0.480 e. The molecule has 1 aliphatic heterocycles. The van der Waals surface area contributed by atoms with E-state index in [0.29, 0.717) is 30.8 Å². The van der Waals surface area contributed by atoms with Crippen LogP contribution in [0.1, 0.15) is 33.1 Å². The van der Waals surface area contributed by atoms with E-state index in [9.17, 15) is 13.8 Å². The number of carboxylic acids is 1. The van der Waals surface area contributed by atoms with Crippen molar-refractivity contribution in [3.05, 3.63) is 0 Å². The van der Waals surface area contributed by atoms with E-state index < -0.39 is 28.3 Å². The van der Waals surface area contributed by atoms with Gasteiger partial charge in [-0.25, -0.2) is 9.59 Å². The molecule has 0 aromatic carbocycles. The van der Waals surface area contributed by atoms with Crippen molar-refractivity contribution in [2.24, 2.45) is 0 Å². The maximum Gasteiger partial charge on any atom is 0.329 e. The standard InChI is InChI=1S/C11H20N2O4S/c1-3-11(2,9(14)15)13-10(16)12-8-4-6-18(17)7-5-8/h8H,3-7H2,1-2H3,(H,14,15)(H2,12,13,16). The lowest BCUT2D eigenvalue weighted by molar-refractivity contribution is -0.143. The van der Waals surface area contributed by atoms with Crippen molar-refractivity contribution in [1.82, 2.24) is 10.6 Å². The highest BCUT2D eigenvalue weighted by atomic mass is 32.2. The largest absolute Gasteiger partial charge is 0.480 e. The number of carboxylic acid groups (broad SMARTS) is 1. The summed E-state index contributed by atoms with van der Waals surface area (Å²) >= 11 is 0. The molecule has 18 heavy (non-hydrogen) atoms. The summed E-state index contributed by atoms with van der Waals surface area (Å²) in [4.78, 5) is 22.8. The molecule has 0 aliphatic carbocycles. The fourth-order valence-electron chi connectivity index (χ4n) is 1.70. The minimum absolute atomic E-state index is 0.0161. The molecular weight excluding hydrogens is 256 g/mol. The van der Waals surface area contributed by atoms with E-state index in [1.54, 1.807) is 6.92 Å². The topological polar surface area (TPSA) is 95.5 Å². The van der Waals surface area contributed by atoms with Gasteiger partial charge in [-0.15, -0.1) is 0 Å². The van der Waals surface area contributed by atoms with Crippen LogP contribution in [0.4, 0.5) is 4.79 Å². The predicted molar refractivity (Wildman–Crippen MR) is 68.9 cm³/mol. The van der Waals surface area contributed by atoms with Gasteiger partial charge in [-0.1, -0.05) is 6.92 Å². The van der Waals surface area contributed by atoms with Crippen LogP contribution in [0.2, 0.25) is 0 Å². The number of hydrogen-bond donors (Lipinski definition) is 3. The van der Waals surface area contributed by atoms with Gasteiger partial charge in [-0.05, 0) is 26.2 Å². The molecule has 1 heterocycles. The summed E-state index contributed by atoms with van der Waals surface area (Å²) in [7, 11) is -0.770. The molecule has 1 atom stereocenters. The van der Waals surface area contributed by atoms with Gasteiger partial charge in [-0.2, -0.15) is 0 Å². The molecule has 104 valence electrons. The summed E-state index contributed by atoms with van der Waals surface area (Å²) in [5.41, 5.74) is -1.25. The Hall–Kier alpha value is -1.11. The third-order valence-electron chi connectivity index (χ3n) is 3.29. The molecule has 0 radical (unpaired) electrons. The van der Waals surface area contributed by atoms with Crippen molar-refractivity contribution in [2.75, 3.05) is 11.5 Å². The number of aliphatic carboxylic acids is 1. The van der Waals surface area contributed by atoms with Crippen molar-refractivity contribution in [3.8, 4) is 0 Å². The van der Waals surface area contributed by atoms with Gasteiger partial charge in [0.25, 0.3) is 0 Å². The van der Waals surface area contributed by atoms with Crippen LogP contribution < -0.4 is 10.6 Å².